The molecule has 1 aliphatic heterocycles. The van der Waals surface area contributed by atoms with Crippen LogP contribution in [0.3, 0.4) is 0 Å². The molecule has 0 saturated carbocycles. The lowest BCUT2D eigenvalue weighted by molar-refractivity contribution is 0.0695. The molecule has 0 saturated heterocycles. The minimum Gasteiger partial charge on any atom is -0.497 e. The first-order chi connectivity index (χ1) is 23.5. The SMILES string of the molecule is CCCCCCCCCCCCCCCCCCNC(=O)c1ccc(C2c3ccc(OC)cc3Oc3cc(OC)ccc32)c(C(=O)O)c1. The number of hydrogen-bond donors (Lipinski definition) is 2. The molecular formula is C41H55NO6. The van der Waals surface area contributed by atoms with Gasteiger partial charge in [0.1, 0.15) is 23.0 Å². The number of hydrogen-bond acceptors (Lipinski definition) is 5. The van der Waals surface area contributed by atoms with Crippen molar-refractivity contribution in [3.05, 3.63) is 82.4 Å². The molecule has 260 valence electrons. The molecule has 0 bridgehead atoms. The van der Waals surface area contributed by atoms with Crippen molar-refractivity contribution >= 4 is 11.9 Å². The van der Waals surface area contributed by atoms with Gasteiger partial charge in [-0.05, 0) is 36.2 Å². The molecule has 1 aliphatic rings. The number of carbonyl (C=O) groups is 2. The molecule has 1 heterocycles. The quantitative estimate of drug-likeness (QED) is 0.0817. The molecule has 7 heteroatoms. The lowest BCUT2D eigenvalue weighted by Crippen LogP contribution is -2.25. The predicted molar refractivity (Wildman–Crippen MR) is 192 cm³/mol. The number of carboxylic acids is 1. The maximum Gasteiger partial charge on any atom is 0.336 e. The molecule has 3 aromatic rings. The van der Waals surface area contributed by atoms with Crippen molar-refractivity contribution in [2.75, 3.05) is 20.8 Å². The van der Waals surface area contributed by atoms with Gasteiger partial charge >= 0.3 is 5.97 Å². The van der Waals surface area contributed by atoms with Crippen LogP contribution in [0, 0.1) is 0 Å². The van der Waals surface area contributed by atoms with Crippen molar-refractivity contribution < 1.29 is 28.9 Å². The summed E-state index contributed by atoms with van der Waals surface area (Å²) in [6.07, 6.45) is 20.8. The number of carbonyl (C=O) groups excluding carboxylic acids is 1. The molecule has 0 aliphatic carbocycles. The molecular weight excluding hydrogens is 602 g/mol. The van der Waals surface area contributed by atoms with Gasteiger partial charge < -0.3 is 24.6 Å². The topological polar surface area (TPSA) is 94.1 Å². The molecule has 0 fully saturated rings. The van der Waals surface area contributed by atoms with Crippen LogP contribution in [0.5, 0.6) is 23.0 Å². The minimum atomic E-state index is -1.09. The summed E-state index contributed by atoms with van der Waals surface area (Å²) in [5.41, 5.74) is 2.64. The number of rotatable bonds is 22. The summed E-state index contributed by atoms with van der Waals surface area (Å²) < 4.78 is 17.1. The van der Waals surface area contributed by atoms with Gasteiger partial charge in [-0.2, -0.15) is 0 Å². The Morgan fingerprint density at radius 2 is 1.10 bits per heavy atom. The lowest BCUT2D eigenvalue weighted by atomic mass is 9.80. The molecule has 0 unspecified atom stereocenters. The molecule has 48 heavy (non-hydrogen) atoms. The van der Waals surface area contributed by atoms with E-state index in [0.717, 1.165) is 24.0 Å². The van der Waals surface area contributed by atoms with Gasteiger partial charge in [-0.1, -0.05) is 121 Å². The highest BCUT2D eigenvalue weighted by Gasteiger charge is 2.32. The van der Waals surface area contributed by atoms with Crippen molar-refractivity contribution in [3.63, 3.8) is 0 Å². The molecule has 0 spiro atoms. The summed E-state index contributed by atoms with van der Waals surface area (Å²) in [6, 6.07) is 16.0. The average molecular weight is 658 g/mol. The summed E-state index contributed by atoms with van der Waals surface area (Å²) >= 11 is 0. The number of carboxylic acid groups (broad SMARTS) is 1. The van der Waals surface area contributed by atoms with Crippen LogP contribution in [-0.2, 0) is 0 Å². The zero-order valence-corrected chi connectivity index (χ0v) is 29.3. The number of aromatic carboxylic acids is 1. The van der Waals surface area contributed by atoms with Gasteiger partial charge in [-0.25, -0.2) is 4.79 Å². The Morgan fingerprint density at radius 1 is 0.646 bits per heavy atom. The fraction of sp³-hybridized carbons (Fsp3) is 0.512. The second kappa shape index (κ2) is 19.7. The highest BCUT2D eigenvalue weighted by molar-refractivity contribution is 5.98. The third-order valence-corrected chi connectivity index (χ3v) is 9.46. The second-order valence-electron chi connectivity index (χ2n) is 13.0. The van der Waals surface area contributed by atoms with E-state index in [0.29, 0.717) is 40.7 Å². The minimum absolute atomic E-state index is 0.0838. The average Bonchev–Trinajstić information content (AvgIpc) is 3.10. The number of benzene rings is 3. The Balaban J connectivity index is 1.25. The van der Waals surface area contributed by atoms with Crippen LogP contribution in [0.1, 0.15) is 153 Å². The first-order valence-electron chi connectivity index (χ1n) is 18.2. The van der Waals surface area contributed by atoms with Crippen LogP contribution in [-0.4, -0.2) is 37.7 Å². The van der Waals surface area contributed by atoms with E-state index in [4.69, 9.17) is 14.2 Å². The van der Waals surface area contributed by atoms with Gasteiger partial charge in [0.25, 0.3) is 5.91 Å². The van der Waals surface area contributed by atoms with E-state index < -0.39 is 11.9 Å². The third-order valence-electron chi connectivity index (χ3n) is 9.46. The maximum absolute atomic E-state index is 13.1. The Bertz CT molecular complexity index is 1410. The van der Waals surface area contributed by atoms with Gasteiger partial charge in [0.05, 0.1) is 19.8 Å². The van der Waals surface area contributed by atoms with Crippen LogP contribution in [0.4, 0.5) is 0 Å². The van der Waals surface area contributed by atoms with Crippen LogP contribution >= 0.6 is 0 Å². The Kier molecular flexibility index (Phi) is 15.1. The summed E-state index contributed by atoms with van der Waals surface area (Å²) in [5.74, 6) is 0.659. The largest absolute Gasteiger partial charge is 0.497 e. The highest BCUT2D eigenvalue weighted by Crippen LogP contribution is 2.50. The Morgan fingerprint density at radius 3 is 1.56 bits per heavy atom. The number of nitrogens with one attached hydrogen (secondary N) is 1. The summed E-state index contributed by atoms with van der Waals surface area (Å²) in [5, 5.41) is 13.3. The fourth-order valence-corrected chi connectivity index (χ4v) is 6.67. The first kappa shape index (κ1) is 36.8. The predicted octanol–water partition coefficient (Wildman–Crippen LogP) is 10.7. The van der Waals surface area contributed by atoms with Crippen LogP contribution in [0.15, 0.2) is 54.6 Å². The highest BCUT2D eigenvalue weighted by atomic mass is 16.5. The molecule has 3 aromatic carbocycles. The van der Waals surface area contributed by atoms with E-state index in [9.17, 15) is 14.7 Å². The standard InChI is InChI=1S/C41H55NO6/c1-4-5-6-7-8-9-10-11-12-13-14-15-16-17-18-19-26-42-40(43)30-20-23-33(36(27-30)41(44)45)39-34-24-21-31(46-2)28-37(34)48-38-29-32(47-3)22-25-35(38)39/h20-25,27-29,39H,4-19,26H2,1-3H3,(H,42,43)(H,44,45). The zero-order chi connectivity index (χ0) is 34.1. The van der Waals surface area contributed by atoms with Crippen LogP contribution in [0.25, 0.3) is 0 Å². The third kappa shape index (κ3) is 10.5. The molecule has 0 radical (unpaired) electrons. The van der Waals surface area contributed by atoms with E-state index in [1.54, 1.807) is 38.5 Å². The smallest absolute Gasteiger partial charge is 0.336 e. The number of methoxy groups -OCH3 is 2. The molecule has 2 N–H and O–H groups in total. The number of ether oxygens (including phenoxy) is 3. The van der Waals surface area contributed by atoms with Crippen molar-refractivity contribution in [2.24, 2.45) is 0 Å². The number of fused-ring (bicyclic) bond motifs is 2. The van der Waals surface area contributed by atoms with Crippen molar-refractivity contribution in [3.8, 4) is 23.0 Å². The number of unbranched alkanes of at least 4 members (excludes halogenated alkanes) is 15. The number of amides is 1. The van der Waals surface area contributed by atoms with Crippen molar-refractivity contribution in [1.29, 1.82) is 0 Å². The molecule has 0 aromatic heterocycles. The Hall–Kier alpha value is -4.00. The van der Waals surface area contributed by atoms with Gasteiger partial charge in [0.2, 0.25) is 0 Å². The second-order valence-corrected chi connectivity index (χ2v) is 13.0. The zero-order valence-electron chi connectivity index (χ0n) is 29.3. The van der Waals surface area contributed by atoms with E-state index in [1.807, 2.05) is 24.3 Å². The van der Waals surface area contributed by atoms with Crippen molar-refractivity contribution in [2.45, 2.75) is 116 Å². The van der Waals surface area contributed by atoms with Crippen LogP contribution in [0.2, 0.25) is 0 Å². The normalized spacial score (nSPS) is 12.1. The Labute approximate surface area is 287 Å². The molecule has 0 atom stereocenters. The summed E-state index contributed by atoms with van der Waals surface area (Å²) in [7, 11) is 3.18. The van der Waals surface area contributed by atoms with Gasteiger partial charge in [0, 0.05) is 41.3 Å². The fourth-order valence-electron chi connectivity index (χ4n) is 6.67. The summed E-state index contributed by atoms with van der Waals surface area (Å²) in [6.45, 7) is 2.85. The lowest BCUT2D eigenvalue weighted by Gasteiger charge is -2.30. The van der Waals surface area contributed by atoms with Gasteiger partial charge in [0.15, 0.2) is 0 Å². The summed E-state index contributed by atoms with van der Waals surface area (Å²) in [4.78, 5) is 25.6. The first-order valence-corrected chi connectivity index (χ1v) is 18.2. The van der Waals surface area contributed by atoms with E-state index in [2.05, 4.69) is 12.2 Å². The van der Waals surface area contributed by atoms with Crippen molar-refractivity contribution in [1.82, 2.24) is 5.32 Å². The monoisotopic (exact) mass is 657 g/mol. The van der Waals surface area contributed by atoms with Gasteiger partial charge in [-0.15, -0.1) is 0 Å². The van der Waals surface area contributed by atoms with E-state index >= 15 is 0 Å². The maximum atomic E-state index is 13.1. The van der Waals surface area contributed by atoms with Crippen LogP contribution < -0.4 is 19.5 Å². The van der Waals surface area contributed by atoms with E-state index in [-0.39, 0.29) is 11.5 Å². The van der Waals surface area contributed by atoms with Gasteiger partial charge in [-0.3, -0.25) is 4.79 Å². The molecule has 7 nitrogen and oxygen atoms in total. The molecule has 1 amide bonds. The van der Waals surface area contributed by atoms with E-state index in [1.165, 1.54) is 96.0 Å². The molecule has 4 rings (SSSR count).